The average Bonchev–Trinajstić information content (AvgIpc) is 2.89. The first-order valence-electron chi connectivity index (χ1n) is 6.36. The molecule has 1 heterocycles. The molecule has 0 unspecified atom stereocenters. The molecule has 22 heavy (non-hydrogen) atoms. The predicted octanol–water partition coefficient (Wildman–Crippen LogP) is 4.04. The molecule has 6 heteroatoms. The van der Waals surface area contributed by atoms with E-state index in [1.165, 1.54) is 24.5 Å². The molecule has 0 saturated carbocycles. The van der Waals surface area contributed by atoms with Gasteiger partial charge in [-0.25, -0.2) is 0 Å². The maximum absolute atomic E-state index is 12.2. The van der Waals surface area contributed by atoms with Crippen LogP contribution in [0.1, 0.15) is 20.8 Å². The Morgan fingerprint density at radius 1 is 1.32 bits per heavy atom. The highest BCUT2D eigenvalue weighted by atomic mass is 79.9. The number of thiophene rings is 1. The Balaban J connectivity index is 2.22. The standard InChI is InChI=1S/C16H13BrO4S/c1-21-14-6-2-10(8-11(14)9-16(19)20)13(18)5-3-12-4-7-15(17)22-12/h2-8H,9H2,1H3,(H,19,20)/b5-3+. The van der Waals surface area contributed by atoms with E-state index < -0.39 is 5.97 Å². The second-order valence-electron chi connectivity index (χ2n) is 4.44. The quantitative estimate of drug-likeness (QED) is 0.606. The van der Waals surface area contributed by atoms with Crippen LogP contribution < -0.4 is 4.74 Å². The Morgan fingerprint density at radius 2 is 2.09 bits per heavy atom. The third kappa shape index (κ3) is 4.29. The van der Waals surface area contributed by atoms with Gasteiger partial charge in [-0.05, 0) is 58.4 Å². The molecule has 0 radical (unpaired) electrons. The van der Waals surface area contributed by atoms with Gasteiger partial charge < -0.3 is 9.84 Å². The van der Waals surface area contributed by atoms with E-state index in [2.05, 4.69) is 15.9 Å². The fraction of sp³-hybridized carbons (Fsp3) is 0.125. The van der Waals surface area contributed by atoms with Crippen LogP contribution >= 0.6 is 27.3 Å². The second kappa shape index (κ2) is 7.38. The first-order chi connectivity index (χ1) is 10.5. The molecule has 0 aliphatic carbocycles. The number of hydrogen-bond donors (Lipinski definition) is 1. The number of carboxylic acids is 1. The Bertz CT molecular complexity index is 733. The molecule has 0 aliphatic heterocycles. The number of halogens is 1. The molecule has 0 amide bonds. The van der Waals surface area contributed by atoms with Crippen LogP contribution in [0.5, 0.6) is 5.75 Å². The molecule has 114 valence electrons. The highest BCUT2D eigenvalue weighted by Crippen LogP contribution is 2.24. The van der Waals surface area contributed by atoms with Gasteiger partial charge in [0.1, 0.15) is 5.75 Å². The minimum absolute atomic E-state index is 0.182. The summed E-state index contributed by atoms with van der Waals surface area (Å²) in [6.07, 6.45) is 3.02. The third-order valence-electron chi connectivity index (χ3n) is 2.90. The molecule has 0 bridgehead atoms. The van der Waals surface area contributed by atoms with Crippen molar-refractivity contribution in [3.63, 3.8) is 0 Å². The summed E-state index contributed by atoms with van der Waals surface area (Å²) in [6.45, 7) is 0. The van der Waals surface area contributed by atoms with E-state index in [0.29, 0.717) is 16.9 Å². The van der Waals surface area contributed by atoms with Crippen molar-refractivity contribution in [3.8, 4) is 5.75 Å². The molecule has 0 spiro atoms. The fourth-order valence-corrected chi connectivity index (χ4v) is 3.23. The van der Waals surface area contributed by atoms with Crippen LogP contribution in [0.3, 0.4) is 0 Å². The van der Waals surface area contributed by atoms with Gasteiger partial charge in [-0.3, -0.25) is 9.59 Å². The summed E-state index contributed by atoms with van der Waals surface area (Å²) >= 11 is 4.89. The lowest BCUT2D eigenvalue weighted by atomic mass is 10.0. The molecule has 2 rings (SSSR count). The van der Waals surface area contributed by atoms with Gasteiger partial charge in [0.25, 0.3) is 0 Å². The van der Waals surface area contributed by atoms with Crippen molar-refractivity contribution in [2.45, 2.75) is 6.42 Å². The van der Waals surface area contributed by atoms with E-state index in [1.807, 2.05) is 12.1 Å². The number of carboxylic acid groups (broad SMARTS) is 1. The third-order valence-corrected chi connectivity index (χ3v) is 4.49. The second-order valence-corrected chi connectivity index (χ2v) is 6.93. The lowest BCUT2D eigenvalue weighted by molar-refractivity contribution is -0.136. The summed E-state index contributed by atoms with van der Waals surface area (Å²) in [5, 5.41) is 8.91. The molecule has 0 fully saturated rings. The number of benzene rings is 1. The Kier molecular flexibility index (Phi) is 5.51. The van der Waals surface area contributed by atoms with Gasteiger partial charge in [0, 0.05) is 16.0 Å². The minimum Gasteiger partial charge on any atom is -0.496 e. The summed E-state index contributed by atoms with van der Waals surface area (Å²) in [5.74, 6) is -0.689. The Morgan fingerprint density at radius 3 is 2.68 bits per heavy atom. The molecule has 0 aliphatic rings. The van der Waals surface area contributed by atoms with E-state index in [1.54, 1.807) is 24.3 Å². The maximum atomic E-state index is 12.2. The van der Waals surface area contributed by atoms with Gasteiger partial charge in [-0.2, -0.15) is 0 Å². The van der Waals surface area contributed by atoms with Crippen LogP contribution in [0, 0.1) is 0 Å². The zero-order chi connectivity index (χ0) is 16.1. The lowest BCUT2D eigenvalue weighted by Crippen LogP contribution is -2.04. The minimum atomic E-state index is -0.970. The largest absolute Gasteiger partial charge is 0.496 e. The van der Waals surface area contributed by atoms with Crippen LogP contribution in [-0.4, -0.2) is 24.0 Å². The number of allylic oxidation sites excluding steroid dienone is 1. The van der Waals surface area contributed by atoms with Gasteiger partial charge in [0.05, 0.1) is 17.3 Å². The van der Waals surface area contributed by atoms with Gasteiger partial charge in [0.15, 0.2) is 5.78 Å². The first-order valence-corrected chi connectivity index (χ1v) is 7.97. The van der Waals surface area contributed by atoms with E-state index >= 15 is 0 Å². The van der Waals surface area contributed by atoms with Crippen molar-refractivity contribution >= 4 is 45.1 Å². The molecular formula is C16H13BrO4S. The molecule has 1 N–H and O–H groups in total. The SMILES string of the molecule is COc1ccc(C(=O)/C=C/c2ccc(Br)s2)cc1CC(=O)O. The van der Waals surface area contributed by atoms with Crippen LogP contribution in [0.15, 0.2) is 40.2 Å². The summed E-state index contributed by atoms with van der Waals surface area (Å²) in [6, 6.07) is 8.61. The number of aliphatic carboxylic acids is 1. The number of carbonyl (C=O) groups is 2. The molecule has 1 aromatic carbocycles. The average molecular weight is 381 g/mol. The highest BCUT2D eigenvalue weighted by Gasteiger charge is 2.11. The molecule has 4 nitrogen and oxygen atoms in total. The van der Waals surface area contributed by atoms with Crippen LogP contribution in [0.25, 0.3) is 6.08 Å². The monoisotopic (exact) mass is 380 g/mol. The molecule has 0 saturated heterocycles. The summed E-state index contributed by atoms with van der Waals surface area (Å²) in [7, 11) is 1.47. The van der Waals surface area contributed by atoms with E-state index in [-0.39, 0.29) is 12.2 Å². The fourth-order valence-electron chi connectivity index (χ4n) is 1.90. The molecule has 0 atom stereocenters. The van der Waals surface area contributed by atoms with Gasteiger partial charge in [-0.1, -0.05) is 0 Å². The van der Waals surface area contributed by atoms with Crippen molar-refractivity contribution < 1.29 is 19.4 Å². The van der Waals surface area contributed by atoms with Crippen LogP contribution in [0.2, 0.25) is 0 Å². The molecule has 2 aromatic rings. The number of ether oxygens (including phenoxy) is 1. The van der Waals surface area contributed by atoms with Gasteiger partial charge in [0.2, 0.25) is 0 Å². The predicted molar refractivity (Wildman–Crippen MR) is 89.7 cm³/mol. The summed E-state index contributed by atoms with van der Waals surface area (Å²) in [4.78, 5) is 24.0. The van der Waals surface area contributed by atoms with Crippen LogP contribution in [0.4, 0.5) is 0 Å². The topological polar surface area (TPSA) is 63.6 Å². The first kappa shape index (κ1) is 16.5. The van der Waals surface area contributed by atoms with Crippen molar-refractivity contribution in [2.75, 3.05) is 7.11 Å². The zero-order valence-corrected chi connectivity index (χ0v) is 14.1. The molecular weight excluding hydrogens is 368 g/mol. The summed E-state index contributed by atoms with van der Waals surface area (Å²) < 4.78 is 6.11. The maximum Gasteiger partial charge on any atom is 0.307 e. The molecule has 1 aromatic heterocycles. The van der Waals surface area contributed by atoms with Crippen molar-refractivity contribution in [1.82, 2.24) is 0 Å². The number of rotatable bonds is 6. The Labute approximate surface area is 140 Å². The number of ketones is 1. The van der Waals surface area contributed by atoms with E-state index in [4.69, 9.17) is 9.84 Å². The van der Waals surface area contributed by atoms with Crippen molar-refractivity contribution in [1.29, 1.82) is 0 Å². The van der Waals surface area contributed by atoms with E-state index in [9.17, 15) is 9.59 Å². The summed E-state index contributed by atoms with van der Waals surface area (Å²) in [5.41, 5.74) is 0.914. The number of hydrogen-bond acceptors (Lipinski definition) is 4. The van der Waals surface area contributed by atoms with Gasteiger partial charge in [-0.15, -0.1) is 11.3 Å². The highest BCUT2D eigenvalue weighted by molar-refractivity contribution is 9.11. The lowest BCUT2D eigenvalue weighted by Gasteiger charge is -2.07. The smallest absolute Gasteiger partial charge is 0.307 e. The zero-order valence-electron chi connectivity index (χ0n) is 11.7. The number of carbonyl (C=O) groups excluding carboxylic acids is 1. The normalized spacial score (nSPS) is 10.8. The van der Waals surface area contributed by atoms with Crippen LogP contribution in [-0.2, 0) is 11.2 Å². The van der Waals surface area contributed by atoms with Gasteiger partial charge >= 0.3 is 5.97 Å². The number of methoxy groups -OCH3 is 1. The van der Waals surface area contributed by atoms with Crippen molar-refractivity contribution in [3.05, 3.63) is 56.2 Å². The van der Waals surface area contributed by atoms with Crippen molar-refractivity contribution in [2.24, 2.45) is 0 Å². The van der Waals surface area contributed by atoms with E-state index in [0.717, 1.165) is 8.66 Å². The Hall–Kier alpha value is -1.92.